The molecule has 4 rings (SSSR count). The molecule has 0 spiro atoms. The van der Waals surface area contributed by atoms with Crippen LogP contribution in [0.4, 0.5) is 0 Å². The summed E-state index contributed by atoms with van der Waals surface area (Å²) in [7, 11) is 0. The number of nitrogens with zero attached hydrogens (tertiary/aromatic N) is 1. The number of para-hydroxylation sites is 1. The second-order valence-corrected chi connectivity index (χ2v) is 7.05. The fourth-order valence-corrected chi connectivity index (χ4v) is 3.84. The summed E-state index contributed by atoms with van der Waals surface area (Å²) >= 11 is 0. The van der Waals surface area contributed by atoms with Crippen LogP contribution in [0.5, 0.6) is 0 Å². The van der Waals surface area contributed by atoms with Crippen LogP contribution in [0.2, 0.25) is 0 Å². The van der Waals surface area contributed by atoms with E-state index in [0.29, 0.717) is 6.54 Å². The number of benzene rings is 2. The first-order valence-corrected chi connectivity index (χ1v) is 9.51. The van der Waals surface area contributed by atoms with Gasteiger partial charge in [0.25, 0.3) is 0 Å². The van der Waals surface area contributed by atoms with Crippen LogP contribution in [0, 0.1) is 0 Å². The van der Waals surface area contributed by atoms with Crippen LogP contribution in [-0.4, -0.2) is 28.2 Å². The second-order valence-electron chi connectivity index (χ2n) is 7.05. The Bertz CT molecular complexity index is 1050. The van der Waals surface area contributed by atoms with Crippen LogP contribution in [0.25, 0.3) is 17.0 Å². The van der Waals surface area contributed by atoms with E-state index in [0.717, 1.165) is 23.1 Å². The molecule has 2 aromatic carbocycles. The van der Waals surface area contributed by atoms with Crippen molar-refractivity contribution in [1.82, 2.24) is 15.2 Å². The SMILES string of the molecule is CC(=O)N1C=Cc2ccccc2C1CC(=O)NCCc1c[nH]c2ccccc12. The van der Waals surface area contributed by atoms with Crippen molar-refractivity contribution < 1.29 is 9.59 Å². The third kappa shape index (κ3) is 3.56. The summed E-state index contributed by atoms with van der Waals surface area (Å²) in [5.74, 6) is -0.122. The number of carbonyl (C=O) groups is 2. The largest absolute Gasteiger partial charge is 0.361 e. The van der Waals surface area contributed by atoms with Gasteiger partial charge in [-0.1, -0.05) is 42.5 Å². The van der Waals surface area contributed by atoms with Crippen molar-refractivity contribution in [3.8, 4) is 0 Å². The van der Waals surface area contributed by atoms with E-state index in [-0.39, 0.29) is 24.3 Å². The van der Waals surface area contributed by atoms with Gasteiger partial charge in [-0.15, -0.1) is 0 Å². The van der Waals surface area contributed by atoms with E-state index in [1.165, 1.54) is 17.9 Å². The highest BCUT2D eigenvalue weighted by atomic mass is 16.2. The van der Waals surface area contributed by atoms with Crippen molar-refractivity contribution in [1.29, 1.82) is 0 Å². The Morgan fingerprint density at radius 2 is 1.89 bits per heavy atom. The average molecular weight is 373 g/mol. The number of fused-ring (bicyclic) bond motifs is 2. The number of aromatic nitrogens is 1. The zero-order valence-corrected chi connectivity index (χ0v) is 15.8. The van der Waals surface area contributed by atoms with Crippen molar-refractivity contribution >= 4 is 28.8 Å². The molecule has 2 N–H and O–H groups in total. The van der Waals surface area contributed by atoms with E-state index in [9.17, 15) is 9.59 Å². The Morgan fingerprint density at radius 1 is 1.11 bits per heavy atom. The molecule has 0 radical (unpaired) electrons. The minimum Gasteiger partial charge on any atom is -0.361 e. The number of hydrogen-bond acceptors (Lipinski definition) is 2. The van der Waals surface area contributed by atoms with Crippen molar-refractivity contribution in [3.63, 3.8) is 0 Å². The van der Waals surface area contributed by atoms with Crippen molar-refractivity contribution in [2.24, 2.45) is 0 Å². The predicted molar refractivity (Wildman–Crippen MR) is 110 cm³/mol. The quantitative estimate of drug-likeness (QED) is 0.715. The molecule has 5 heteroatoms. The highest BCUT2D eigenvalue weighted by Gasteiger charge is 2.27. The number of aromatic amines is 1. The zero-order valence-electron chi connectivity index (χ0n) is 15.8. The molecule has 1 aliphatic rings. The smallest absolute Gasteiger partial charge is 0.223 e. The molecule has 28 heavy (non-hydrogen) atoms. The molecule has 0 bridgehead atoms. The van der Waals surface area contributed by atoms with Gasteiger partial charge in [0.1, 0.15) is 0 Å². The van der Waals surface area contributed by atoms with Gasteiger partial charge in [-0.05, 0) is 35.3 Å². The van der Waals surface area contributed by atoms with E-state index in [1.807, 2.05) is 54.7 Å². The van der Waals surface area contributed by atoms with E-state index < -0.39 is 0 Å². The van der Waals surface area contributed by atoms with E-state index in [1.54, 1.807) is 11.1 Å². The molecule has 1 unspecified atom stereocenters. The van der Waals surface area contributed by atoms with Crippen LogP contribution in [-0.2, 0) is 16.0 Å². The lowest BCUT2D eigenvalue weighted by Crippen LogP contribution is -2.35. The number of nitrogens with one attached hydrogen (secondary N) is 2. The van der Waals surface area contributed by atoms with Gasteiger partial charge in [-0.3, -0.25) is 9.59 Å². The molecule has 3 aromatic rings. The number of rotatable bonds is 5. The standard InChI is InChI=1S/C23H23N3O2/c1-16(27)26-13-11-17-6-2-3-8-20(17)22(26)14-23(28)24-12-10-18-15-25-21-9-5-4-7-19(18)21/h2-9,11,13,15,22,25H,10,12,14H2,1H3,(H,24,28). The van der Waals surface area contributed by atoms with E-state index in [2.05, 4.69) is 16.4 Å². The molecular formula is C23H23N3O2. The zero-order chi connectivity index (χ0) is 19.5. The van der Waals surface area contributed by atoms with Crippen LogP contribution in [0.1, 0.15) is 36.1 Å². The van der Waals surface area contributed by atoms with Crippen molar-refractivity contribution in [2.45, 2.75) is 25.8 Å². The lowest BCUT2D eigenvalue weighted by molar-refractivity contribution is -0.129. The highest BCUT2D eigenvalue weighted by Crippen LogP contribution is 2.32. The Balaban J connectivity index is 1.41. The number of H-pyrrole nitrogens is 1. The first-order chi connectivity index (χ1) is 13.6. The maximum atomic E-state index is 12.6. The Kier molecular flexibility index (Phi) is 4.98. The third-order valence-corrected chi connectivity index (χ3v) is 5.24. The Labute approximate surface area is 164 Å². The van der Waals surface area contributed by atoms with Gasteiger partial charge >= 0.3 is 0 Å². The fourth-order valence-electron chi connectivity index (χ4n) is 3.84. The topological polar surface area (TPSA) is 65.2 Å². The molecule has 0 saturated carbocycles. The fraction of sp³-hybridized carbons (Fsp3) is 0.217. The summed E-state index contributed by atoms with van der Waals surface area (Å²) in [6.45, 7) is 2.09. The number of amides is 2. The van der Waals surface area contributed by atoms with Crippen molar-refractivity contribution in [3.05, 3.63) is 77.6 Å². The van der Waals surface area contributed by atoms with Gasteiger partial charge in [-0.2, -0.15) is 0 Å². The van der Waals surface area contributed by atoms with Crippen LogP contribution in [0.15, 0.2) is 60.9 Å². The molecule has 0 aliphatic carbocycles. The average Bonchev–Trinajstić information content (AvgIpc) is 3.11. The first kappa shape index (κ1) is 18.0. The van der Waals surface area contributed by atoms with Crippen LogP contribution in [0.3, 0.4) is 0 Å². The summed E-state index contributed by atoms with van der Waals surface area (Å²) in [4.78, 5) is 29.5. The highest BCUT2D eigenvalue weighted by molar-refractivity contribution is 5.84. The molecule has 0 saturated heterocycles. The molecule has 2 heterocycles. The van der Waals surface area contributed by atoms with Crippen LogP contribution < -0.4 is 5.32 Å². The molecule has 0 fully saturated rings. The normalized spacial score (nSPS) is 15.5. The lowest BCUT2D eigenvalue weighted by atomic mass is 9.93. The van der Waals surface area contributed by atoms with Crippen LogP contribution >= 0.6 is 0 Å². The summed E-state index contributed by atoms with van der Waals surface area (Å²) in [6, 6.07) is 15.8. The molecule has 2 amide bonds. The summed E-state index contributed by atoms with van der Waals surface area (Å²) in [6.07, 6.45) is 6.69. The molecule has 1 aliphatic heterocycles. The molecule has 1 atom stereocenters. The second kappa shape index (κ2) is 7.72. The molecule has 1 aromatic heterocycles. The van der Waals surface area contributed by atoms with Crippen molar-refractivity contribution in [2.75, 3.05) is 6.54 Å². The van der Waals surface area contributed by atoms with E-state index in [4.69, 9.17) is 0 Å². The van der Waals surface area contributed by atoms with Gasteiger partial charge in [0, 0.05) is 36.8 Å². The Morgan fingerprint density at radius 3 is 2.75 bits per heavy atom. The maximum Gasteiger partial charge on any atom is 0.223 e. The number of carbonyl (C=O) groups excluding carboxylic acids is 2. The molecule has 142 valence electrons. The van der Waals surface area contributed by atoms with Gasteiger partial charge in [-0.25, -0.2) is 0 Å². The Hall–Kier alpha value is -3.34. The minimum atomic E-state index is -0.271. The number of hydrogen-bond donors (Lipinski definition) is 2. The van der Waals surface area contributed by atoms with Gasteiger partial charge in [0.15, 0.2) is 0 Å². The van der Waals surface area contributed by atoms with E-state index >= 15 is 0 Å². The monoisotopic (exact) mass is 373 g/mol. The van der Waals surface area contributed by atoms with Gasteiger partial charge < -0.3 is 15.2 Å². The minimum absolute atomic E-state index is 0.0544. The maximum absolute atomic E-state index is 12.6. The summed E-state index contributed by atoms with van der Waals surface area (Å²) in [5.41, 5.74) is 4.35. The van der Waals surface area contributed by atoms with Gasteiger partial charge in [0.2, 0.25) is 11.8 Å². The molecule has 5 nitrogen and oxygen atoms in total. The third-order valence-electron chi connectivity index (χ3n) is 5.24. The predicted octanol–water partition coefficient (Wildman–Crippen LogP) is 3.79. The summed E-state index contributed by atoms with van der Waals surface area (Å²) < 4.78 is 0. The molecular weight excluding hydrogens is 350 g/mol. The van der Waals surface area contributed by atoms with Gasteiger partial charge in [0.05, 0.1) is 12.5 Å². The lowest BCUT2D eigenvalue weighted by Gasteiger charge is -2.32. The first-order valence-electron chi connectivity index (χ1n) is 9.51. The summed E-state index contributed by atoms with van der Waals surface area (Å²) in [5, 5.41) is 4.19.